The summed E-state index contributed by atoms with van der Waals surface area (Å²) in [5.74, 6) is 0.908. The van der Waals surface area contributed by atoms with Crippen molar-refractivity contribution in [3.63, 3.8) is 0 Å². The van der Waals surface area contributed by atoms with Crippen LogP contribution in [0.2, 0.25) is 0 Å². The zero-order chi connectivity index (χ0) is 26.1. The van der Waals surface area contributed by atoms with E-state index in [4.69, 9.17) is 4.74 Å². The lowest BCUT2D eigenvalue weighted by Gasteiger charge is -2.30. The Kier molecular flexibility index (Phi) is 9.74. The quantitative estimate of drug-likeness (QED) is 0.351. The molecule has 0 atom stereocenters. The van der Waals surface area contributed by atoms with Gasteiger partial charge in [-0.1, -0.05) is 70.2 Å². The highest BCUT2D eigenvalue weighted by molar-refractivity contribution is 5.85. The van der Waals surface area contributed by atoms with Crippen LogP contribution in [-0.2, 0) is 29.2 Å². The van der Waals surface area contributed by atoms with Crippen molar-refractivity contribution < 1.29 is 14.3 Å². The lowest BCUT2D eigenvalue weighted by atomic mass is 10.1. The predicted molar refractivity (Wildman–Crippen MR) is 143 cm³/mol. The summed E-state index contributed by atoms with van der Waals surface area (Å²) < 4.78 is 7.53. The molecular formula is C30H39N3O3. The molecule has 6 heteroatoms. The monoisotopic (exact) mass is 489 g/mol. The Bertz CT molecular complexity index is 1120. The van der Waals surface area contributed by atoms with Crippen molar-refractivity contribution in [2.45, 2.75) is 47.3 Å². The smallest absolute Gasteiger partial charge is 0.242 e. The van der Waals surface area contributed by atoms with Crippen LogP contribution in [0.4, 0.5) is 0 Å². The van der Waals surface area contributed by atoms with Gasteiger partial charge in [0.15, 0.2) is 0 Å². The standard InChI is InChI=1S/C30H39N3O3/c1-23(2)18-33(30(35)24(3)4)22-29(34)32(19-25-11-7-6-8-12-25)21-27-14-10-16-31(27)20-26-13-9-15-28(17-26)36-5/h6-17,23-24H,18-22H2,1-5H3. The van der Waals surface area contributed by atoms with Crippen LogP contribution in [0, 0.1) is 11.8 Å². The topological polar surface area (TPSA) is 54.8 Å². The van der Waals surface area contributed by atoms with Crippen LogP contribution in [0.15, 0.2) is 72.9 Å². The maximum atomic E-state index is 13.7. The Balaban J connectivity index is 1.83. The minimum Gasteiger partial charge on any atom is -0.497 e. The summed E-state index contributed by atoms with van der Waals surface area (Å²) in [6.45, 7) is 10.2. The van der Waals surface area contributed by atoms with Gasteiger partial charge in [0.2, 0.25) is 11.8 Å². The number of ether oxygens (including phenoxy) is 1. The van der Waals surface area contributed by atoms with Gasteiger partial charge in [-0.25, -0.2) is 0 Å². The Morgan fingerprint density at radius 2 is 1.58 bits per heavy atom. The largest absolute Gasteiger partial charge is 0.497 e. The van der Waals surface area contributed by atoms with Gasteiger partial charge in [0, 0.05) is 37.4 Å². The van der Waals surface area contributed by atoms with Crippen LogP contribution < -0.4 is 4.74 Å². The first kappa shape index (κ1) is 27.1. The van der Waals surface area contributed by atoms with E-state index in [1.807, 2.05) is 79.5 Å². The van der Waals surface area contributed by atoms with Crippen molar-refractivity contribution in [3.05, 3.63) is 89.7 Å². The van der Waals surface area contributed by atoms with E-state index in [1.165, 1.54) is 0 Å². The van der Waals surface area contributed by atoms with Crippen molar-refractivity contribution in [1.29, 1.82) is 0 Å². The normalized spacial score (nSPS) is 11.1. The third kappa shape index (κ3) is 7.74. The number of methoxy groups -OCH3 is 1. The Morgan fingerprint density at radius 1 is 0.861 bits per heavy atom. The van der Waals surface area contributed by atoms with E-state index in [0.717, 1.165) is 22.6 Å². The number of hydrogen-bond donors (Lipinski definition) is 0. The molecule has 192 valence electrons. The molecule has 0 aliphatic carbocycles. The van der Waals surface area contributed by atoms with Crippen LogP contribution in [-0.4, -0.2) is 46.4 Å². The highest BCUT2D eigenvalue weighted by Crippen LogP contribution is 2.17. The van der Waals surface area contributed by atoms with Crippen LogP contribution in [0.5, 0.6) is 5.75 Å². The molecule has 1 heterocycles. The second-order valence-electron chi connectivity index (χ2n) is 9.98. The summed E-state index contributed by atoms with van der Waals surface area (Å²) in [5, 5.41) is 0. The highest BCUT2D eigenvalue weighted by atomic mass is 16.5. The minimum absolute atomic E-state index is 0.0121. The average Bonchev–Trinajstić information content (AvgIpc) is 3.29. The van der Waals surface area contributed by atoms with Gasteiger partial charge in [-0.3, -0.25) is 9.59 Å². The molecule has 2 aromatic carbocycles. The van der Waals surface area contributed by atoms with Crippen molar-refractivity contribution in [3.8, 4) is 5.75 Å². The van der Waals surface area contributed by atoms with Gasteiger partial charge in [-0.15, -0.1) is 0 Å². The van der Waals surface area contributed by atoms with E-state index in [2.05, 4.69) is 30.5 Å². The Morgan fingerprint density at radius 3 is 2.25 bits per heavy atom. The maximum Gasteiger partial charge on any atom is 0.242 e. The lowest BCUT2D eigenvalue weighted by molar-refractivity contribution is -0.143. The Labute approximate surface area is 215 Å². The van der Waals surface area contributed by atoms with Crippen LogP contribution >= 0.6 is 0 Å². The summed E-state index contributed by atoms with van der Waals surface area (Å²) in [7, 11) is 1.67. The van der Waals surface area contributed by atoms with Crippen LogP contribution in [0.3, 0.4) is 0 Å². The average molecular weight is 490 g/mol. The first-order valence-corrected chi connectivity index (χ1v) is 12.6. The molecule has 0 saturated heterocycles. The van der Waals surface area contributed by atoms with Gasteiger partial charge >= 0.3 is 0 Å². The Hall–Kier alpha value is -3.54. The molecule has 0 N–H and O–H groups in total. The zero-order valence-electron chi connectivity index (χ0n) is 22.2. The molecule has 0 bridgehead atoms. The number of aromatic nitrogens is 1. The van der Waals surface area contributed by atoms with Gasteiger partial charge in [0.1, 0.15) is 5.75 Å². The van der Waals surface area contributed by atoms with Crippen LogP contribution in [0.25, 0.3) is 0 Å². The predicted octanol–water partition coefficient (Wildman–Crippen LogP) is 5.21. The van der Waals surface area contributed by atoms with E-state index in [9.17, 15) is 9.59 Å². The maximum absolute atomic E-state index is 13.7. The van der Waals surface area contributed by atoms with E-state index in [1.54, 1.807) is 12.0 Å². The fourth-order valence-corrected chi connectivity index (χ4v) is 4.25. The van der Waals surface area contributed by atoms with Crippen LogP contribution in [0.1, 0.15) is 44.5 Å². The first-order chi connectivity index (χ1) is 17.3. The lowest BCUT2D eigenvalue weighted by Crippen LogP contribution is -2.45. The van der Waals surface area contributed by atoms with Crippen molar-refractivity contribution in [1.82, 2.24) is 14.4 Å². The van der Waals surface area contributed by atoms with E-state index in [-0.39, 0.29) is 30.2 Å². The van der Waals surface area contributed by atoms with Gasteiger partial charge in [-0.2, -0.15) is 0 Å². The minimum atomic E-state index is -0.154. The summed E-state index contributed by atoms with van der Waals surface area (Å²) in [4.78, 5) is 30.1. The molecule has 0 fully saturated rings. The van der Waals surface area contributed by atoms with E-state index in [0.29, 0.717) is 26.2 Å². The van der Waals surface area contributed by atoms with Crippen molar-refractivity contribution >= 4 is 11.8 Å². The second kappa shape index (κ2) is 13.0. The number of nitrogens with zero attached hydrogens (tertiary/aromatic N) is 3. The van der Waals surface area contributed by atoms with Crippen molar-refractivity contribution in [2.24, 2.45) is 11.8 Å². The number of amides is 2. The summed E-state index contributed by atoms with van der Waals surface area (Å²) in [6, 6.07) is 22.1. The first-order valence-electron chi connectivity index (χ1n) is 12.6. The molecule has 0 saturated carbocycles. The van der Waals surface area contributed by atoms with E-state index < -0.39 is 0 Å². The number of hydrogen-bond acceptors (Lipinski definition) is 3. The van der Waals surface area contributed by atoms with Crippen molar-refractivity contribution in [2.75, 3.05) is 20.2 Å². The molecule has 0 aliphatic heterocycles. The molecule has 0 aliphatic rings. The SMILES string of the molecule is COc1cccc(Cn2cccc2CN(Cc2ccccc2)C(=O)CN(CC(C)C)C(=O)C(C)C)c1. The summed E-state index contributed by atoms with van der Waals surface area (Å²) in [5.41, 5.74) is 3.22. The summed E-state index contributed by atoms with van der Waals surface area (Å²) >= 11 is 0. The number of carbonyl (C=O) groups is 2. The molecule has 3 rings (SSSR count). The molecule has 0 radical (unpaired) electrons. The molecular weight excluding hydrogens is 450 g/mol. The molecule has 36 heavy (non-hydrogen) atoms. The number of carbonyl (C=O) groups excluding carboxylic acids is 2. The molecule has 3 aromatic rings. The second-order valence-corrected chi connectivity index (χ2v) is 9.98. The van der Waals surface area contributed by atoms with Gasteiger partial charge in [0.25, 0.3) is 0 Å². The molecule has 2 amide bonds. The molecule has 6 nitrogen and oxygen atoms in total. The third-order valence-electron chi connectivity index (χ3n) is 6.05. The van der Waals surface area contributed by atoms with E-state index >= 15 is 0 Å². The number of rotatable bonds is 12. The molecule has 0 unspecified atom stereocenters. The van der Waals surface area contributed by atoms with Gasteiger partial charge < -0.3 is 19.1 Å². The third-order valence-corrected chi connectivity index (χ3v) is 6.05. The fourth-order valence-electron chi connectivity index (χ4n) is 4.25. The summed E-state index contributed by atoms with van der Waals surface area (Å²) in [6.07, 6.45) is 2.04. The number of benzene rings is 2. The highest BCUT2D eigenvalue weighted by Gasteiger charge is 2.24. The van der Waals surface area contributed by atoms with Gasteiger partial charge in [0.05, 0.1) is 20.2 Å². The zero-order valence-corrected chi connectivity index (χ0v) is 22.2. The van der Waals surface area contributed by atoms with Gasteiger partial charge in [-0.05, 0) is 41.3 Å². The molecule has 1 aromatic heterocycles. The molecule has 0 spiro atoms. The fraction of sp³-hybridized carbons (Fsp3) is 0.400.